The van der Waals surface area contributed by atoms with Gasteiger partial charge in [0.25, 0.3) is 5.91 Å². The van der Waals surface area contributed by atoms with Crippen molar-refractivity contribution in [2.24, 2.45) is 0 Å². The average molecular weight is 405 g/mol. The van der Waals surface area contributed by atoms with Gasteiger partial charge in [0.1, 0.15) is 11.6 Å². The molecule has 1 atom stereocenters. The van der Waals surface area contributed by atoms with Crippen LogP contribution < -0.4 is 14.8 Å². The molecule has 0 aliphatic heterocycles. The van der Waals surface area contributed by atoms with Gasteiger partial charge in [0.15, 0.2) is 17.6 Å². The summed E-state index contributed by atoms with van der Waals surface area (Å²) in [6.07, 6.45) is 1.45. The van der Waals surface area contributed by atoms with Crippen LogP contribution in [0.15, 0.2) is 42.5 Å². The smallest absolute Gasteiger partial charge is 0.331 e. The molecule has 0 aromatic heterocycles. The van der Waals surface area contributed by atoms with Crippen molar-refractivity contribution >= 4 is 23.6 Å². The van der Waals surface area contributed by atoms with Gasteiger partial charge in [-0.1, -0.05) is 6.07 Å². The van der Waals surface area contributed by atoms with E-state index in [1.807, 2.05) is 6.92 Å². The molecular formula is C21H21F2NO5. The van der Waals surface area contributed by atoms with Crippen LogP contribution in [-0.2, 0) is 14.3 Å². The molecule has 1 amide bonds. The summed E-state index contributed by atoms with van der Waals surface area (Å²) in [6.45, 7) is 3.67. The van der Waals surface area contributed by atoms with E-state index in [9.17, 15) is 18.4 Å². The van der Waals surface area contributed by atoms with Gasteiger partial charge in [0, 0.05) is 12.1 Å². The molecule has 0 bridgehead atoms. The first-order valence-electron chi connectivity index (χ1n) is 8.79. The highest BCUT2D eigenvalue weighted by Crippen LogP contribution is 2.28. The Morgan fingerprint density at radius 1 is 1.14 bits per heavy atom. The highest BCUT2D eigenvalue weighted by atomic mass is 19.1. The Morgan fingerprint density at radius 3 is 2.55 bits per heavy atom. The van der Waals surface area contributed by atoms with Gasteiger partial charge in [-0.3, -0.25) is 4.79 Å². The van der Waals surface area contributed by atoms with Gasteiger partial charge in [-0.25, -0.2) is 13.6 Å². The first-order chi connectivity index (χ1) is 13.8. The minimum Gasteiger partial charge on any atom is -0.493 e. The number of amides is 1. The Morgan fingerprint density at radius 2 is 1.90 bits per heavy atom. The van der Waals surface area contributed by atoms with Crippen molar-refractivity contribution in [1.29, 1.82) is 0 Å². The lowest BCUT2D eigenvalue weighted by Crippen LogP contribution is -2.29. The van der Waals surface area contributed by atoms with Crippen molar-refractivity contribution in [1.82, 2.24) is 0 Å². The lowest BCUT2D eigenvalue weighted by atomic mass is 10.2. The van der Waals surface area contributed by atoms with Gasteiger partial charge in [-0.15, -0.1) is 0 Å². The number of carbonyl (C=O) groups is 2. The summed E-state index contributed by atoms with van der Waals surface area (Å²) >= 11 is 0. The van der Waals surface area contributed by atoms with Crippen LogP contribution in [0.3, 0.4) is 0 Å². The fraction of sp³-hybridized carbons (Fsp3) is 0.238. The fourth-order valence-corrected chi connectivity index (χ4v) is 2.32. The van der Waals surface area contributed by atoms with Gasteiger partial charge in [-0.05, 0) is 49.8 Å². The fourth-order valence-electron chi connectivity index (χ4n) is 2.32. The summed E-state index contributed by atoms with van der Waals surface area (Å²) in [5.74, 6) is -2.12. The minimum absolute atomic E-state index is 0.212. The third-order valence-corrected chi connectivity index (χ3v) is 3.75. The highest BCUT2D eigenvalue weighted by Gasteiger charge is 2.18. The molecule has 6 nitrogen and oxygen atoms in total. The molecule has 2 rings (SSSR count). The van der Waals surface area contributed by atoms with E-state index in [1.165, 1.54) is 20.1 Å². The summed E-state index contributed by atoms with van der Waals surface area (Å²) in [7, 11) is 1.50. The lowest BCUT2D eigenvalue weighted by molar-refractivity contribution is -0.148. The molecule has 29 heavy (non-hydrogen) atoms. The monoisotopic (exact) mass is 405 g/mol. The Bertz CT molecular complexity index is 914. The second-order valence-electron chi connectivity index (χ2n) is 5.87. The van der Waals surface area contributed by atoms with E-state index in [4.69, 9.17) is 14.2 Å². The van der Waals surface area contributed by atoms with Crippen molar-refractivity contribution in [3.05, 3.63) is 59.7 Å². The van der Waals surface area contributed by atoms with Crippen LogP contribution in [0.4, 0.5) is 14.5 Å². The van der Waals surface area contributed by atoms with Crippen LogP contribution >= 0.6 is 0 Å². The molecule has 0 spiro atoms. The zero-order valence-electron chi connectivity index (χ0n) is 16.2. The maximum absolute atomic E-state index is 13.6. The van der Waals surface area contributed by atoms with Crippen LogP contribution in [0, 0.1) is 11.6 Å². The average Bonchev–Trinajstić information content (AvgIpc) is 2.69. The van der Waals surface area contributed by atoms with Crippen LogP contribution in [0.5, 0.6) is 11.5 Å². The number of anilines is 1. The standard InChI is InChI=1S/C21H21F2NO5/c1-4-28-18-9-5-14(11-19(18)27-3)6-10-20(25)29-13(2)21(26)24-17-8-7-15(22)12-16(17)23/h5-13H,4H2,1-3H3,(H,24,26)/b10-6+. The van der Waals surface area contributed by atoms with E-state index in [0.717, 1.165) is 18.2 Å². The lowest BCUT2D eigenvalue weighted by Gasteiger charge is -2.13. The second-order valence-corrected chi connectivity index (χ2v) is 5.87. The number of carbonyl (C=O) groups excluding carboxylic acids is 2. The molecule has 0 aliphatic carbocycles. The van der Waals surface area contributed by atoms with Gasteiger partial charge in [-0.2, -0.15) is 0 Å². The van der Waals surface area contributed by atoms with Gasteiger partial charge >= 0.3 is 5.97 Å². The molecule has 2 aromatic carbocycles. The maximum Gasteiger partial charge on any atom is 0.331 e. The predicted octanol–water partition coefficient (Wildman–Crippen LogP) is 3.96. The van der Waals surface area contributed by atoms with Crippen LogP contribution in [0.2, 0.25) is 0 Å². The quantitative estimate of drug-likeness (QED) is 0.532. The summed E-state index contributed by atoms with van der Waals surface area (Å²) in [4.78, 5) is 24.0. The first kappa shape index (κ1) is 21.9. The molecule has 1 unspecified atom stereocenters. The van der Waals surface area contributed by atoms with Gasteiger partial charge < -0.3 is 19.5 Å². The molecule has 0 saturated carbocycles. The SMILES string of the molecule is CCOc1ccc(/C=C/C(=O)OC(C)C(=O)Nc2ccc(F)cc2F)cc1OC. The second kappa shape index (κ2) is 10.2. The number of rotatable bonds is 8. The number of halogens is 2. The Kier molecular flexibility index (Phi) is 7.70. The molecule has 0 aliphatic rings. The van der Waals surface area contributed by atoms with Gasteiger partial charge in [0.2, 0.25) is 0 Å². The summed E-state index contributed by atoms with van der Waals surface area (Å²) in [5.41, 5.74) is 0.448. The summed E-state index contributed by atoms with van der Waals surface area (Å²) < 4.78 is 42.1. The Balaban J connectivity index is 1.96. The third-order valence-electron chi connectivity index (χ3n) is 3.75. The Labute approximate surface area is 167 Å². The molecule has 1 N–H and O–H groups in total. The van der Waals surface area contributed by atoms with E-state index in [-0.39, 0.29) is 5.69 Å². The molecule has 8 heteroatoms. The Hall–Kier alpha value is -3.42. The largest absolute Gasteiger partial charge is 0.493 e. The molecule has 0 fully saturated rings. The van der Waals surface area contributed by atoms with Crippen LogP contribution in [0.1, 0.15) is 19.4 Å². The zero-order chi connectivity index (χ0) is 21.4. The molecule has 154 valence electrons. The molecular weight excluding hydrogens is 384 g/mol. The van der Waals surface area contributed by atoms with E-state index < -0.39 is 29.6 Å². The van der Waals surface area contributed by atoms with E-state index in [0.29, 0.717) is 29.7 Å². The number of nitrogens with one attached hydrogen (secondary N) is 1. The topological polar surface area (TPSA) is 73.9 Å². The summed E-state index contributed by atoms with van der Waals surface area (Å²) in [6, 6.07) is 7.84. The van der Waals surface area contributed by atoms with Crippen molar-refractivity contribution in [2.75, 3.05) is 19.0 Å². The number of hydrogen-bond donors (Lipinski definition) is 1. The zero-order valence-corrected chi connectivity index (χ0v) is 16.2. The normalized spacial score (nSPS) is 11.8. The van der Waals surface area contributed by atoms with Crippen LogP contribution in [0.25, 0.3) is 6.08 Å². The maximum atomic E-state index is 13.6. The van der Waals surface area contributed by atoms with E-state index >= 15 is 0 Å². The number of hydrogen-bond acceptors (Lipinski definition) is 5. The number of methoxy groups -OCH3 is 1. The minimum atomic E-state index is -1.19. The molecule has 0 heterocycles. The van der Waals surface area contributed by atoms with Crippen LogP contribution in [-0.4, -0.2) is 31.7 Å². The third kappa shape index (κ3) is 6.31. The molecule has 2 aromatic rings. The predicted molar refractivity (Wildman–Crippen MR) is 104 cm³/mol. The van der Waals surface area contributed by atoms with Crippen molar-refractivity contribution < 1.29 is 32.6 Å². The van der Waals surface area contributed by atoms with Gasteiger partial charge in [0.05, 0.1) is 19.4 Å². The highest BCUT2D eigenvalue weighted by molar-refractivity contribution is 5.96. The van der Waals surface area contributed by atoms with Crippen molar-refractivity contribution in [3.8, 4) is 11.5 Å². The number of esters is 1. The molecule has 0 saturated heterocycles. The van der Waals surface area contributed by atoms with E-state index in [1.54, 1.807) is 18.2 Å². The first-order valence-corrected chi connectivity index (χ1v) is 8.79. The number of ether oxygens (including phenoxy) is 3. The van der Waals surface area contributed by atoms with Crippen molar-refractivity contribution in [3.63, 3.8) is 0 Å². The molecule has 0 radical (unpaired) electrons. The van der Waals surface area contributed by atoms with Crippen molar-refractivity contribution in [2.45, 2.75) is 20.0 Å². The summed E-state index contributed by atoms with van der Waals surface area (Å²) in [5, 5.41) is 2.24. The van der Waals surface area contributed by atoms with E-state index in [2.05, 4.69) is 5.32 Å². The number of benzene rings is 2.